The van der Waals surface area contributed by atoms with Gasteiger partial charge >= 0.3 is 0 Å². The van der Waals surface area contributed by atoms with Crippen LogP contribution in [-0.4, -0.2) is 12.1 Å². The van der Waals surface area contributed by atoms with Crippen molar-refractivity contribution in [3.05, 3.63) is 54.7 Å². The van der Waals surface area contributed by atoms with E-state index in [4.69, 9.17) is 0 Å². The molecule has 5 heteroatoms. The second kappa shape index (κ2) is 6.87. The standard InChI is InChI=1S/C18H23BrN2O2/c1-5-18(3,4)20-14-15(17(23)16(14)22)21(6-2)11-12-8-7-9-13(19)10-12/h7-10,20H,5-6,11H2,1-4H3. The first kappa shape index (κ1) is 17.7. The number of rotatable bonds is 7. The van der Waals surface area contributed by atoms with Crippen molar-refractivity contribution in [2.45, 2.75) is 46.2 Å². The smallest absolute Gasteiger partial charge is 0.253 e. The number of nitrogens with one attached hydrogen (secondary N) is 1. The van der Waals surface area contributed by atoms with Crippen LogP contribution in [-0.2, 0) is 6.54 Å². The second-order valence-corrected chi connectivity index (χ2v) is 7.30. The van der Waals surface area contributed by atoms with E-state index in [0.29, 0.717) is 24.5 Å². The molecule has 0 amide bonds. The topological polar surface area (TPSA) is 49.4 Å². The molecular weight excluding hydrogens is 356 g/mol. The summed E-state index contributed by atoms with van der Waals surface area (Å²) in [6.07, 6.45) is 0.864. The number of nitrogens with zero attached hydrogens (tertiary/aromatic N) is 1. The fourth-order valence-corrected chi connectivity index (χ4v) is 2.88. The van der Waals surface area contributed by atoms with Crippen LogP contribution in [0.3, 0.4) is 0 Å². The highest BCUT2D eigenvalue weighted by molar-refractivity contribution is 9.10. The Bertz CT molecular complexity index is 761. The molecule has 0 fully saturated rings. The molecule has 0 radical (unpaired) electrons. The van der Waals surface area contributed by atoms with Crippen molar-refractivity contribution in [2.24, 2.45) is 0 Å². The summed E-state index contributed by atoms with van der Waals surface area (Å²) >= 11 is 3.46. The van der Waals surface area contributed by atoms with Gasteiger partial charge in [-0.25, -0.2) is 0 Å². The minimum atomic E-state index is -0.408. The molecule has 0 aromatic heterocycles. The summed E-state index contributed by atoms with van der Waals surface area (Å²) in [6, 6.07) is 7.97. The Hall–Kier alpha value is -1.62. The quantitative estimate of drug-likeness (QED) is 0.746. The highest BCUT2D eigenvalue weighted by atomic mass is 79.9. The zero-order chi connectivity index (χ0) is 17.2. The molecule has 0 heterocycles. The first-order chi connectivity index (χ1) is 10.8. The molecule has 0 bridgehead atoms. The summed E-state index contributed by atoms with van der Waals surface area (Å²) in [5.41, 5.74) is 1.05. The molecule has 1 N–H and O–H groups in total. The van der Waals surface area contributed by atoms with Crippen molar-refractivity contribution in [1.29, 1.82) is 0 Å². The summed E-state index contributed by atoms with van der Waals surface area (Å²) in [5, 5.41) is 3.24. The molecule has 0 atom stereocenters. The van der Waals surface area contributed by atoms with Crippen LogP contribution in [0, 0.1) is 0 Å². The second-order valence-electron chi connectivity index (χ2n) is 6.39. The monoisotopic (exact) mass is 378 g/mol. The van der Waals surface area contributed by atoms with E-state index >= 15 is 0 Å². The van der Waals surface area contributed by atoms with E-state index in [2.05, 4.69) is 28.2 Å². The van der Waals surface area contributed by atoms with Gasteiger partial charge in [0, 0.05) is 23.1 Å². The van der Waals surface area contributed by atoms with Gasteiger partial charge < -0.3 is 10.2 Å². The molecule has 4 nitrogen and oxygen atoms in total. The predicted octanol–water partition coefficient (Wildman–Crippen LogP) is 3.67. The lowest BCUT2D eigenvalue weighted by atomic mass is 10.00. The van der Waals surface area contributed by atoms with Crippen LogP contribution in [0.15, 0.2) is 38.3 Å². The van der Waals surface area contributed by atoms with Gasteiger partial charge in [-0.05, 0) is 44.9 Å². The van der Waals surface area contributed by atoms with Crippen molar-refractivity contribution < 1.29 is 0 Å². The Labute approximate surface area is 145 Å². The van der Waals surface area contributed by atoms with Crippen LogP contribution in [0.25, 0.3) is 0 Å². The first-order valence-corrected chi connectivity index (χ1v) is 8.69. The molecule has 0 saturated heterocycles. The number of benzene rings is 1. The van der Waals surface area contributed by atoms with E-state index in [9.17, 15) is 9.59 Å². The highest BCUT2D eigenvalue weighted by Crippen LogP contribution is 2.26. The largest absolute Gasteiger partial charge is 0.375 e. The Morgan fingerprint density at radius 2 is 1.87 bits per heavy atom. The molecule has 0 saturated carbocycles. The van der Waals surface area contributed by atoms with Gasteiger partial charge in [-0.1, -0.05) is 35.0 Å². The van der Waals surface area contributed by atoms with Gasteiger partial charge in [0.15, 0.2) is 0 Å². The SMILES string of the molecule is CCN(Cc1cccc(Br)c1)c1c(NC(C)(C)CC)c(=O)c1=O. The first-order valence-electron chi connectivity index (χ1n) is 7.90. The van der Waals surface area contributed by atoms with Crippen LogP contribution in [0.2, 0.25) is 0 Å². The van der Waals surface area contributed by atoms with Gasteiger partial charge in [-0.3, -0.25) is 9.59 Å². The maximum Gasteiger partial charge on any atom is 0.253 e. The van der Waals surface area contributed by atoms with E-state index in [1.54, 1.807) is 0 Å². The molecule has 0 aliphatic carbocycles. The third-order valence-corrected chi connectivity index (χ3v) is 4.69. The third-order valence-electron chi connectivity index (χ3n) is 4.19. The fourth-order valence-electron chi connectivity index (χ4n) is 2.43. The summed E-state index contributed by atoms with van der Waals surface area (Å²) < 4.78 is 1.00. The Balaban J connectivity index is 2.30. The number of anilines is 2. The number of hydrogen-bond acceptors (Lipinski definition) is 4. The lowest BCUT2D eigenvalue weighted by Gasteiger charge is -2.32. The summed E-state index contributed by atoms with van der Waals surface area (Å²) in [6.45, 7) is 9.36. The molecule has 23 heavy (non-hydrogen) atoms. The van der Waals surface area contributed by atoms with E-state index in [-0.39, 0.29) is 5.54 Å². The maximum atomic E-state index is 12.1. The molecule has 0 aliphatic rings. The lowest BCUT2D eigenvalue weighted by Crippen LogP contribution is -2.45. The van der Waals surface area contributed by atoms with Crippen molar-refractivity contribution in [3.8, 4) is 0 Å². The Morgan fingerprint density at radius 3 is 2.43 bits per heavy atom. The van der Waals surface area contributed by atoms with Crippen molar-refractivity contribution in [3.63, 3.8) is 0 Å². The zero-order valence-electron chi connectivity index (χ0n) is 14.1. The summed E-state index contributed by atoms with van der Waals surface area (Å²) in [7, 11) is 0. The van der Waals surface area contributed by atoms with Crippen molar-refractivity contribution >= 4 is 27.3 Å². The average Bonchev–Trinajstić information content (AvgIpc) is 2.52. The van der Waals surface area contributed by atoms with E-state index in [1.165, 1.54) is 0 Å². The van der Waals surface area contributed by atoms with Gasteiger partial charge in [0.2, 0.25) is 0 Å². The fraction of sp³-hybridized carbons (Fsp3) is 0.444. The maximum absolute atomic E-state index is 12.1. The molecule has 0 unspecified atom stereocenters. The van der Waals surface area contributed by atoms with Crippen LogP contribution in [0.5, 0.6) is 0 Å². The summed E-state index contributed by atoms with van der Waals surface area (Å²) in [5.74, 6) is 0. The molecule has 124 valence electrons. The number of hydrogen-bond donors (Lipinski definition) is 1. The van der Waals surface area contributed by atoms with Gasteiger partial charge in [0.05, 0.1) is 0 Å². The van der Waals surface area contributed by atoms with E-state index in [1.807, 2.05) is 49.9 Å². The normalized spacial score (nSPS) is 11.7. The van der Waals surface area contributed by atoms with Crippen molar-refractivity contribution in [2.75, 3.05) is 16.8 Å². The molecule has 2 rings (SSSR count). The van der Waals surface area contributed by atoms with Crippen molar-refractivity contribution in [1.82, 2.24) is 0 Å². The van der Waals surface area contributed by atoms with E-state index < -0.39 is 10.9 Å². The Morgan fingerprint density at radius 1 is 1.17 bits per heavy atom. The number of halogens is 1. The molecular formula is C18H23BrN2O2. The van der Waals surface area contributed by atoms with Gasteiger partial charge in [-0.2, -0.15) is 0 Å². The van der Waals surface area contributed by atoms with Gasteiger partial charge in [0.1, 0.15) is 11.4 Å². The summed E-state index contributed by atoms with van der Waals surface area (Å²) in [4.78, 5) is 26.1. The predicted molar refractivity (Wildman–Crippen MR) is 100 cm³/mol. The lowest BCUT2D eigenvalue weighted by molar-refractivity contribution is 0.545. The average molecular weight is 379 g/mol. The molecule has 2 aromatic carbocycles. The molecule has 0 spiro atoms. The van der Waals surface area contributed by atoms with Gasteiger partial charge in [0.25, 0.3) is 10.9 Å². The molecule has 0 aliphatic heterocycles. The van der Waals surface area contributed by atoms with Crippen LogP contribution < -0.4 is 21.1 Å². The molecule has 2 aromatic rings. The third kappa shape index (κ3) is 3.83. The van der Waals surface area contributed by atoms with Crippen LogP contribution in [0.4, 0.5) is 11.4 Å². The van der Waals surface area contributed by atoms with E-state index in [0.717, 1.165) is 16.5 Å². The van der Waals surface area contributed by atoms with Crippen LogP contribution in [0.1, 0.15) is 39.7 Å². The minimum absolute atomic E-state index is 0.216. The van der Waals surface area contributed by atoms with Crippen LogP contribution >= 0.6 is 15.9 Å². The zero-order valence-corrected chi connectivity index (χ0v) is 15.7. The minimum Gasteiger partial charge on any atom is -0.375 e. The Kier molecular flexibility index (Phi) is 5.30. The highest BCUT2D eigenvalue weighted by Gasteiger charge is 2.29. The van der Waals surface area contributed by atoms with Gasteiger partial charge in [-0.15, -0.1) is 0 Å².